The van der Waals surface area contributed by atoms with Crippen LogP contribution in [0, 0.1) is 20.8 Å². The van der Waals surface area contributed by atoms with Crippen molar-refractivity contribution >= 4 is 0 Å². The van der Waals surface area contributed by atoms with Crippen molar-refractivity contribution in [2.24, 2.45) is 7.05 Å². The van der Waals surface area contributed by atoms with Crippen LogP contribution in [-0.4, -0.2) is 4.98 Å². The van der Waals surface area contributed by atoms with Crippen molar-refractivity contribution in [3.63, 3.8) is 0 Å². The van der Waals surface area contributed by atoms with Crippen LogP contribution in [0.15, 0.2) is 66.9 Å². The van der Waals surface area contributed by atoms with E-state index in [4.69, 9.17) is 4.98 Å². The monoisotopic (exact) mass is 431 g/mol. The molecule has 0 radical (unpaired) electrons. The maximum atomic E-state index is 5.10. The summed E-state index contributed by atoms with van der Waals surface area (Å²) in [6.07, 6.45) is 7.26. The second-order valence-electron chi connectivity index (χ2n) is 10.1. The van der Waals surface area contributed by atoms with Crippen LogP contribution in [0.3, 0.4) is 0 Å². The van der Waals surface area contributed by atoms with Crippen molar-refractivity contribution in [3.05, 3.63) is 94.9 Å². The lowest BCUT2D eigenvalue weighted by atomic mass is 9.78. The molecule has 33 heavy (non-hydrogen) atoms. The highest BCUT2D eigenvalue weighted by molar-refractivity contribution is 5.84. The minimum absolute atomic E-state index is 0.0968. The molecule has 164 valence electrons. The van der Waals surface area contributed by atoms with Gasteiger partial charge >= 0.3 is 0 Å². The van der Waals surface area contributed by atoms with Crippen LogP contribution in [0.2, 0.25) is 0 Å². The third-order valence-corrected chi connectivity index (χ3v) is 7.91. The summed E-state index contributed by atoms with van der Waals surface area (Å²) >= 11 is 0. The first-order valence-corrected chi connectivity index (χ1v) is 12.2. The molecule has 0 amide bonds. The summed E-state index contributed by atoms with van der Waals surface area (Å²) in [5.41, 5.74) is 14.5. The van der Waals surface area contributed by atoms with Crippen LogP contribution in [0.5, 0.6) is 0 Å². The van der Waals surface area contributed by atoms with E-state index in [-0.39, 0.29) is 5.41 Å². The summed E-state index contributed by atoms with van der Waals surface area (Å²) < 4.78 is 2.29. The highest BCUT2D eigenvalue weighted by Gasteiger charge is 2.46. The van der Waals surface area contributed by atoms with E-state index in [0.29, 0.717) is 0 Å². The molecule has 0 N–H and O–H groups in total. The van der Waals surface area contributed by atoms with E-state index in [2.05, 4.69) is 99.2 Å². The van der Waals surface area contributed by atoms with E-state index in [0.717, 1.165) is 5.69 Å². The number of rotatable bonds is 2. The number of hydrogen-bond donors (Lipinski definition) is 0. The van der Waals surface area contributed by atoms with Crippen LogP contribution in [0.4, 0.5) is 0 Å². The third-order valence-electron chi connectivity index (χ3n) is 7.91. The second-order valence-corrected chi connectivity index (χ2v) is 10.1. The Morgan fingerprint density at radius 1 is 0.758 bits per heavy atom. The summed E-state index contributed by atoms with van der Waals surface area (Å²) in [6, 6.07) is 22.7. The Balaban J connectivity index is 1.49. The van der Waals surface area contributed by atoms with Gasteiger partial charge in [0.2, 0.25) is 5.69 Å². The van der Waals surface area contributed by atoms with Gasteiger partial charge in [-0.1, -0.05) is 54.8 Å². The summed E-state index contributed by atoms with van der Waals surface area (Å²) in [5, 5.41) is 0. The van der Waals surface area contributed by atoms with Crippen molar-refractivity contribution < 1.29 is 4.57 Å². The summed E-state index contributed by atoms with van der Waals surface area (Å²) in [7, 11) is 2.17. The molecule has 4 aromatic rings. The standard InChI is InChI=1S/C31H31N2/c1-20-7-10-23(11-8-20)24-12-14-29(33(4)19-24)26-18-28-27(17-21(26)2)25-13-9-22(3)32-30(25)31(28)15-5-6-16-31/h7-14,17-19H,5-6,15-16H2,1-4H3/q+1. The number of fused-ring (bicyclic) bond motifs is 5. The zero-order valence-electron chi connectivity index (χ0n) is 20.1. The van der Waals surface area contributed by atoms with Crippen molar-refractivity contribution in [2.45, 2.75) is 51.9 Å². The molecule has 1 spiro atoms. The van der Waals surface area contributed by atoms with Crippen molar-refractivity contribution in [1.82, 2.24) is 4.98 Å². The lowest BCUT2D eigenvalue weighted by molar-refractivity contribution is -0.659. The molecule has 1 saturated carbocycles. The van der Waals surface area contributed by atoms with E-state index >= 15 is 0 Å². The van der Waals surface area contributed by atoms with Crippen molar-refractivity contribution in [1.29, 1.82) is 0 Å². The van der Waals surface area contributed by atoms with Gasteiger partial charge in [0.05, 0.1) is 5.69 Å². The first kappa shape index (κ1) is 20.4. The first-order chi connectivity index (χ1) is 16.0. The molecule has 0 saturated heterocycles. The largest absolute Gasteiger partial charge is 0.257 e. The Hall–Kier alpha value is -3.26. The van der Waals surface area contributed by atoms with Crippen molar-refractivity contribution in [3.8, 4) is 33.5 Å². The number of aryl methyl sites for hydroxylation is 4. The first-order valence-electron chi connectivity index (χ1n) is 12.2. The number of aromatic nitrogens is 2. The number of pyridine rings is 2. The van der Waals surface area contributed by atoms with Crippen LogP contribution < -0.4 is 4.57 Å². The molecule has 2 nitrogen and oxygen atoms in total. The molecule has 0 unspecified atom stereocenters. The number of nitrogens with zero attached hydrogens (tertiary/aromatic N) is 2. The van der Waals surface area contributed by atoms with Crippen LogP contribution in [0.25, 0.3) is 33.5 Å². The Morgan fingerprint density at radius 3 is 2.21 bits per heavy atom. The van der Waals surface area contributed by atoms with Crippen molar-refractivity contribution in [2.75, 3.05) is 0 Å². The SMILES string of the molecule is Cc1ccc(-c2ccc(-c3cc4c(cc3C)-c3ccc(C)nc3C43CCCC3)[n+](C)c2)cc1. The number of benzene rings is 2. The highest BCUT2D eigenvalue weighted by Crippen LogP contribution is 2.57. The molecule has 6 rings (SSSR count). The maximum Gasteiger partial charge on any atom is 0.212 e. The van der Waals surface area contributed by atoms with Crippen LogP contribution >= 0.6 is 0 Å². The van der Waals surface area contributed by atoms with Gasteiger partial charge in [-0.15, -0.1) is 0 Å². The summed E-state index contributed by atoms with van der Waals surface area (Å²) in [4.78, 5) is 5.10. The van der Waals surface area contributed by atoms with Crippen LogP contribution in [-0.2, 0) is 12.5 Å². The normalized spacial score (nSPS) is 15.6. The van der Waals surface area contributed by atoms with Gasteiger partial charge < -0.3 is 0 Å². The van der Waals surface area contributed by atoms with E-state index in [1.165, 1.54) is 81.6 Å². The zero-order valence-corrected chi connectivity index (χ0v) is 20.1. The van der Waals surface area contributed by atoms with E-state index in [1.807, 2.05) is 0 Å². The van der Waals surface area contributed by atoms with E-state index < -0.39 is 0 Å². The fraction of sp³-hybridized carbons (Fsp3) is 0.290. The van der Waals surface area contributed by atoms with E-state index in [9.17, 15) is 0 Å². The molecule has 1 fully saturated rings. The molecule has 2 heteroatoms. The minimum Gasteiger partial charge on any atom is -0.257 e. The number of hydrogen-bond acceptors (Lipinski definition) is 1. The maximum absolute atomic E-state index is 5.10. The fourth-order valence-corrected chi connectivity index (χ4v) is 6.16. The summed E-state index contributed by atoms with van der Waals surface area (Å²) in [6.45, 7) is 6.51. The average Bonchev–Trinajstić information content (AvgIpc) is 3.39. The molecule has 2 heterocycles. The quantitative estimate of drug-likeness (QED) is 0.312. The zero-order chi connectivity index (χ0) is 22.7. The minimum atomic E-state index is 0.0968. The van der Waals surface area contributed by atoms with Gasteiger partial charge in [-0.3, -0.25) is 4.98 Å². The molecule has 2 aliphatic carbocycles. The Kier molecular flexibility index (Phi) is 4.55. The molecular weight excluding hydrogens is 400 g/mol. The predicted molar refractivity (Wildman–Crippen MR) is 135 cm³/mol. The van der Waals surface area contributed by atoms with Gasteiger partial charge in [0, 0.05) is 33.9 Å². The summed E-state index contributed by atoms with van der Waals surface area (Å²) in [5.74, 6) is 0. The van der Waals surface area contributed by atoms with Crippen LogP contribution in [0.1, 0.15) is 53.8 Å². The van der Waals surface area contributed by atoms with Gasteiger partial charge in [0.25, 0.3) is 0 Å². The lowest BCUT2D eigenvalue weighted by Crippen LogP contribution is -2.31. The third kappa shape index (κ3) is 3.08. The molecule has 2 aromatic carbocycles. The van der Waals surface area contributed by atoms with Gasteiger partial charge in [-0.05, 0) is 74.1 Å². The van der Waals surface area contributed by atoms with Gasteiger partial charge in [0.15, 0.2) is 6.20 Å². The Bertz CT molecular complexity index is 1390. The Morgan fingerprint density at radius 2 is 1.48 bits per heavy atom. The Labute approximate surface area is 197 Å². The molecular formula is C31H31N2+. The molecule has 0 bridgehead atoms. The fourth-order valence-electron chi connectivity index (χ4n) is 6.16. The van der Waals surface area contributed by atoms with E-state index in [1.54, 1.807) is 0 Å². The average molecular weight is 432 g/mol. The molecule has 2 aliphatic rings. The van der Waals surface area contributed by atoms with Gasteiger partial charge in [-0.2, -0.15) is 0 Å². The topological polar surface area (TPSA) is 16.8 Å². The second kappa shape index (κ2) is 7.38. The highest BCUT2D eigenvalue weighted by atomic mass is 14.9. The predicted octanol–water partition coefficient (Wildman–Crippen LogP) is 7.01. The van der Waals surface area contributed by atoms with Gasteiger partial charge in [0.1, 0.15) is 7.05 Å². The molecule has 2 aromatic heterocycles. The molecule has 0 atom stereocenters. The van der Waals surface area contributed by atoms with Gasteiger partial charge in [-0.25, -0.2) is 4.57 Å². The molecule has 0 aliphatic heterocycles. The smallest absolute Gasteiger partial charge is 0.212 e. The lowest BCUT2D eigenvalue weighted by Gasteiger charge is -2.26.